The lowest BCUT2D eigenvalue weighted by Gasteiger charge is -2.19. The van der Waals surface area contributed by atoms with Gasteiger partial charge in [-0.25, -0.2) is 0 Å². The van der Waals surface area contributed by atoms with Gasteiger partial charge >= 0.3 is 0 Å². The molecular weight excluding hydrogens is 226 g/mol. The molecule has 0 spiro atoms. The van der Waals surface area contributed by atoms with Gasteiger partial charge in [-0.1, -0.05) is 20.8 Å². The van der Waals surface area contributed by atoms with Crippen molar-refractivity contribution in [3.05, 3.63) is 29.6 Å². The second-order valence-electron chi connectivity index (χ2n) is 5.32. The van der Waals surface area contributed by atoms with Gasteiger partial charge in [-0.2, -0.15) is 5.26 Å². The molecule has 0 bridgehead atoms. The molecule has 4 heteroatoms. The first-order valence-corrected chi connectivity index (χ1v) is 5.95. The highest BCUT2D eigenvalue weighted by Crippen LogP contribution is 2.19. The first kappa shape index (κ1) is 14.2. The Kier molecular flexibility index (Phi) is 4.43. The Balaban J connectivity index is 2.80. The molecule has 1 amide bonds. The van der Waals surface area contributed by atoms with Gasteiger partial charge in [0.05, 0.1) is 18.1 Å². The number of hydrogen-bond donors (Lipinski definition) is 0. The molecule has 0 aromatic carbocycles. The maximum Gasteiger partial charge on any atom is 0.255 e. The van der Waals surface area contributed by atoms with Crippen LogP contribution in [0.3, 0.4) is 0 Å². The summed E-state index contributed by atoms with van der Waals surface area (Å²) in [6, 6.07) is 5.70. The number of rotatable bonds is 3. The van der Waals surface area contributed by atoms with E-state index >= 15 is 0 Å². The van der Waals surface area contributed by atoms with Gasteiger partial charge in [0.2, 0.25) is 0 Å². The van der Waals surface area contributed by atoms with E-state index in [0.717, 1.165) is 5.69 Å². The lowest BCUT2D eigenvalue weighted by Crippen LogP contribution is -2.27. The summed E-state index contributed by atoms with van der Waals surface area (Å²) >= 11 is 0. The molecule has 0 atom stereocenters. The van der Waals surface area contributed by atoms with Crippen molar-refractivity contribution < 1.29 is 4.79 Å². The molecular formula is C14H19N3O. The van der Waals surface area contributed by atoms with Crippen LogP contribution in [0.25, 0.3) is 0 Å². The van der Waals surface area contributed by atoms with Crippen LogP contribution in [-0.2, 0) is 5.41 Å². The maximum absolute atomic E-state index is 12.0. The van der Waals surface area contributed by atoms with Crippen LogP contribution in [0.1, 0.15) is 43.2 Å². The fraction of sp³-hybridized carbons (Fsp3) is 0.500. The predicted molar refractivity (Wildman–Crippen MR) is 70.1 cm³/mol. The van der Waals surface area contributed by atoms with Gasteiger partial charge < -0.3 is 4.90 Å². The Bertz CT molecular complexity index is 451. The van der Waals surface area contributed by atoms with E-state index in [9.17, 15) is 4.79 Å². The number of hydrogen-bond acceptors (Lipinski definition) is 3. The summed E-state index contributed by atoms with van der Waals surface area (Å²) in [4.78, 5) is 17.8. The average Bonchev–Trinajstić information content (AvgIpc) is 2.34. The third-order valence-electron chi connectivity index (χ3n) is 2.68. The Hall–Kier alpha value is -1.89. The topological polar surface area (TPSA) is 57.0 Å². The number of amides is 1. The van der Waals surface area contributed by atoms with Crippen molar-refractivity contribution in [3.63, 3.8) is 0 Å². The third-order valence-corrected chi connectivity index (χ3v) is 2.68. The minimum atomic E-state index is -0.0989. The monoisotopic (exact) mass is 245 g/mol. The van der Waals surface area contributed by atoms with Crippen molar-refractivity contribution in [1.29, 1.82) is 5.26 Å². The molecule has 0 aliphatic carbocycles. The molecule has 0 aliphatic heterocycles. The third kappa shape index (κ3) is 3.56. The highest BCUT2D eigenvalue weighted by Gasteiger charge is 2.17. The molecule has 0 saturated carbocycles. The van der Waals surface area contributed by atoms with Crippen LogP contribution in [0.4, 0.5) is 0 Å². The highest BCUT2D eigenvalue weighted by atomic mass is 16.2. The number of nitrogens with zero attached hydrogens (tertiary/aromatic N) is 3. The van der Waals surface area contributed by atoms with Gasteiger partial charge in [0.1, 0.15) is 0 Å². The summed E-state index contributed by atoms with van der Waals surface area (Å²) in [5.74, 6) is -0.0989. The van der Waals surface area contributed by atoms with E-state index in [2.05, 4.69) is 25.8 Å². The minimum absolute atomic E-state index is 0.0196. The van der Waals surface area contributed by atoms with Gasteiger partial charge in [-0.15, -0.1) is 0 Å². The van der Waals surface area contributed by atoms with E-state index in [-0.39, 0.29) is 11.3 Å². The summed E-state index contributed by atoms with van der Waals surface area (Å²) in [5, 5.41) is 8.49. The van der Waals surface area contributed by atoms with E-state index in [4.69, 9.17) is 5.26 Å². The second kappa shape index (κ2) is 5.63. The van der Waals surface area contributed by atoms with Crippen LogP contribution in [0, 0.1) is 11.3 Å². The van der Waals surface area contributed by atoms with E-state index in [0.29, 0.717) is 18.5 Å². The number of carbonyl (C=O) groups is 1. The van der Waals surface area contributed by atoms with Crippen molar-refractivity contribution in [1.82, 2.24) is 9.88 Å². The average molecular weight is 245 g/mol. The summed E-state index contributed by atoms with van der Waals surface area (Å²) in [6.07, 6.45) is 1.95. The van der Waals surface area contributed by atoms with E-state index in [1.54, 1.807) is 19.3 Å². The van der Waals surface area contributed by atoms with Crippen molar-refractivity contribution in [2.45, 2.75) is 32.6 Å². The number of aromatic nitrogens is 1. The summed E-state index contributed by atoms with van der Waals surface area (Å²) in [5.41, 5.74) is 1.50. The molecule has 0 saturated heterocycles. The first-order chi connectivity index (χ1) is 8.36. The fourth-order valence-corrected chi connectivity index (χ4v) is 1.50. The van der Waals surface area contributed by atoms with Crippen LogP contribution < -0.4 is 0 Å². The fourth-order valence-electron chi connectivity index (χ4n) is 1.50. The smallest absolute Gasteiger partial charge is 0.255 e. The first-order valence-electron chi connectivity index (χ1n) is 5.95. The maximum atomic E-state index is 12.0. The van der Waals surface area contributed by atoms with Gasteiger partial charge in [0.15, 0.2) is 0 Å². The molecule has 0 aliphatic rings. The summed E-state index contributed by atoms with van der Waals surface area (Å²) in [7, 11) is 1.69. The van der Waals surface area contributed by atoms with Crippen molar-refractivity contribution in [2.24, 2.45) is 0 Å². The van der Waals surface area contributed by atoms with Gasteiger partial charge in [-0.3, -0.25) is 9.78 Å². The van der Waals surface area contributed by atoms with Crippen molar-refractivity contribution in [2.75, 3.05) is 13.6 Å². The van der Waals surface area contributed by atoms with E-state index in [1.807, 2.05) is 12.1 Å². The van der Waals surface area contributed by atoms with Crippen molar-refractivity contribution >= 4 is 5.91 Å². The minimum Gasteiger partial charge on any atom is -0.341 e. The Morgan fingerprint density at radius 2 is 2.11 bits per heavy atom. The zero-order valence-electron chi connectivity index (χ0n) is 11.4. The zero-order chi connectivity index (χ0) is 13.8. The summed E-state index contributed by atoms with van der Waals surface area (Å²) in [6.45, 7) is 6.68. The lowest BCUT2D eigenvalue weighted by molar-refractivity contribution is 0.0797. The molecule has 1 heterocycles. The molecule has 18 heavy (non-hydrogen) atoms. The van der Waals surface area contributed by atoms with Crippen LogP contribution in [-0.4, -0.2) is 29.4 Å². The normalized spacial score (nSPS) is 10.8. The summed E-state index contributed by atoms with van der Waals surface area (Å²) < 4.78 is 0. The number of nitriles is 1. The van der Waals surface area contributed by atoms with Crippen molar-refractivity contribution in [3.8, 4) is 6.07 Å². The molecule has 4 nitrogen and oxygen atoms in total. The van der Waals surface area contributed by atoms with E-state index in [1.165, 1.54) is 4.90 Å². The molecule has 0 radical (unpaired) electrons. The Morgan fingerprint density at radius 3 is 2.56 bits per heavy atom. The molecule has 1 aromatic heterocycles. The van der Waals surface area contributed by atoms with Crippen LogP contribution in [0.15, 0.2) is 18.3 Å². The zero-order valence-corrected chi connectivity index (χ0v) is 11.4. The molecule has 1 rings (SSSR count). The van der Waals surface area contributed by atoms with Crippen LogP contribution in [0.2, 0.25) is 0 Å². The van der Waals surface area contributed by atoms with Gasteiger partial charge in [0, 0.05) is 30.9 Å². The Labute approximate surface area is 108 Å². The largest absolute Gasteiger partial charge is 0.341 e. The molecule has 0 fully saturated rings. The molecule has 96 valence electrons. The Morgan fingerprint density at radius 1 is 1.44 bits per heavy atom. The quantitative estimate of drug-likeness (QED) is 0.821. The van der Waals surface area contributed by atoms with Crippen LogP contribution in [0.5, 0.6) is 0 Å². The van der Waals surface area contributed by atoms with Gasteiger partial charge in [-0.05, 0) is 12.1 Å². The molecule has 0 N–H and O–H groups in total. The predicted octanol–water partition coefficient (Wildman–Crippen LogP) is 2.36. The second-order valence-corrected chi connectivity index (χ2v) is 5.32. The van der Waals surface area contributed by atoms with Crippen LogP contribution >= 0.6 is 0 Å². The number of carbonyl (C=O) groups excluding carboxylic acids is 1. The van der Waals surface area contributed by atoms with E-state index < -0.39 is 0 Å². The molecule has 0 unspecified atom stereocenters. The van der Waals surface area contributed by atoms with Gasteiger partial charge in [0.25, 0.3) is 5.91 Å². The standard InChI is InChI=1S/C14H19N3O/c1-14(2,3)12-7-6-11(10-16-12)13(18)17(4)9-5-8-15/h6-7,10H,5,9H2,1-4H3. The highest BCUT2D eigenvalue weighted by molar-refractivity contribution is 5.93. The molecule has 1 aromatic rings. The lowest BCUT2D eigenvalue weighted by atomic mass is 9.91. The number of pyridine rings is 1. The SMILES string of the molecule is CN(CCC#N)C(=O)c1ccc(C(C)(C)C)nc1.